The maximum Gasteiger partial charge on any atom is 0.350 e. The van der Waals surface area contributed by atoms with Crippen LogP contribution >= 0.6 is 0 Å². The normalized spacial score (nSPS) is 32.5. The molecule has 13 heavy (non-hydrogen) atoms. The first-order valence-electron chi connectivity index (χ1n) is 4.03. The van der Waals surface area contributed by atoms with Crippen LogP contribution in [0.25, 0.3) is 0 Å². The fraction of sp³-hybridized carbons (Fsp3) is 0.556. The third-order valence-electron chi connectivity index (χ3n) is 2.29. The number of carbonyl (C=O) groups excluding carboxylic acids is 2. The lowest BCUT2D eigenvalue weighted by Gasteiger charge is -2.23. The van der Waals surface area contributed by atoms with Crippen molar-refractivity contribution in [2.75, 3.05) is 6.61 Å². The Balaban J connectivity index is 2.79. The molecular formula is C9H12O4. The van der Waals surface area contributed by atoms with Gasteiger partial charge in [-0.05, 0) is 6.92 Å². The second kappa shape index (κ2) is 3.20. The van der Waals surface area contributed by atoms with Crippen molar-refractivity contribution in [2.45, 2.75) is 19.4 Å². The molecular weight excluding hydrogens is 172 g/mol. The van der Waals surface area contributed by atoms with Crippen LogP contribution in [0, 0.1) is 5.92 Å². The molecule has 1 aliphatic rings. The second-order valence-electron chi connectivity index (χ2n) is 3.23. The molecule has 2 atom stereocenters. The summed E-state index contributed by atoms with van der Waals surface area (Å²) in [5.41, 5.74) is -1.15. The van der Waals surface area contributed by atoms with Gasteiger partial charge in [-0.3, -0.25) is 0 Å². The van der Waals surface area contributed by atoms with Crippen molar-refractivity contribution in [3.05, 3.63) is 12.7 Å². The minimum absolute atomic E-state index is 0.121. The van der Waals surface area contributed by atoms with Crippen LogP contribution in [0.15, 0.2) is 12.7 Å². The molecule has 0 amide bonds. The number of hydrogen-bond acceptors (Lipinski definition) is 4. The van der Waals surface area contributed by atoms with Crippen molar-refractivity contribution in [2.24, 2.45) is 5.92 Å². The number of cyclic esters (lactones) is 1. The quantitative estimate of drug-likeness (QED) is 0.467. The van der Waals surface area contributed by atoms with Gasteiger partial charge in [0.05, 0.1) is 6.61 Å². The van der Waals surface area contributed by atoms with Crippen molar-refractivity contribution in [1.29, 1.82) is 0 Å². The highest BCUT2D eigenvalue weighted by Gasteiger charge is 2.49. The SMILES string of the molecule is C=CC(=O)OC1(C)C(=O)OCC1C. The Morgan fingerprint density at radius 3 is 2.85 bits per heavy atom. The molecule has 1 rings (SSSR count). The van der Waals surface area contributed by atoms with Crippen molar-refractivity contribution >= 4 is 11.9 Å². The van der Waals surface area contributed by atoms with Crippen LogP contribution in [-0.4, -0.2) is 24.1 Å². The molecule has 0 radical (unpaired) electrons. The smallest absolute Gasteiger partial charge is 0.350 e. The third kappa shape index (κ3) is 1.56. The lowest BCUT2D eigenvalue weighted by atomic mass is 9.94. The first-order valence-corrected chi connectivity index (χ1v) is 4.03. The molecule has 2 unspecified atom stereocenters. The van der Waals surface area contributed by atoms with Crippen LogP contribution in [0.4, 0.5) is 0 Å². The molecule has 72 valence electrons. The number of hydrogen-bond donors (Lipinski definition) is 0. The fourth-order valence-electron chi connectivity index (χ4n) is 1.10. The molecule has 1 aliphatic heterocycles. The predicted octanol–water partition coefficient (Wildman–Crippen LogP) is 0.667. The highest BCUT2D eigenvalue weighted by Crippen LogP contribution is 2.30. The van der Waals surface area contributed by atoms with E-state index in [-0.39, 0.29) is 5.92 Å². The Bertz CT molecular complexity index is 258. The van der Waals surface area contributed by atoms with Gasteiger partial charge in [0, 0.05) is 12.0 Å². The molecule has 1 fully saturated rings. The van der Waals surface area contributed by atoms with Crippen LogP contribution in [0.3, 0.4) is 0 Å². The number of carbonyl (C=O) groups is 2. The van der Waals surface area contributed by atoms with E-state index < -0.39 is 17.5 Å². The topological polar surface area (TPSA) is 52.6 Å². The van der Waals surface area contributed by atoms with E-state index in [0.717, 1.165) is 6.08 Å². The van der Waals surface area contributed by atoms with Gasteiger partial charge in [0.15, 0.2) is 0 Å². The Morgan fingerprint density at radius 1 is 1.85 bits per heavy atom. The van der Waals surface area contributed by atoms with E-state index in [4.69, 9.17) is 9.47 Å². The Morgan fingerprint density at radius 2 is 2.46 bits per heavy atom. The summed E-state index contributed by atoms with van der Waals surface area (Å²) in [5.74, 6) is -1.22. The lowest BCUT2D eigenvalue weighted by molar-refractivity contribution is -0.169. The summed E-state index contributed by atoms with van der Waals surface area (Å²) in [6, 6.07) is 0. The van der Waals surface area contributed by atoms with Gasteiger partial charge >= 0.3 is 11.9 Å². The van der Waals surface area contributed by atoms with Gasteiger partial charge in [0.1, 0.15) is 0 Å². The number of ether oxygens (including phenoxy) is 2. The maximum absolute atomic E-state index is 11.2. The van der Waals surface area contributed by atoms with Crippen LogP contribution < -0.4 is 0 Å². The Hall–Kier alpha value is -1.32. The van der Waals surface area contributed by atoms with E-state index in [1.165, 1.54) is 0 Å². The van der Waals surface area contributed by atoms with Gasteiger partial charge in [-0.1, -0.05) is 13.5 Å². The van der Waals surface area contributed by atoms with Crippen LogP contribution in [0.2, 0.25) is 0 Å². The van der Waals surface area contributed by atoms with E-state index in [1.54, 1.807) is 13.8 Å². The molecule has 4 heteroatoms. The lowest BCUT2D eigenvalue weighted by Crippen LogP contribution is -2.41. The van der Waals surface area contributed by atoms with Gasteiger partial charge in [-0.2, -0.15) is 0 Å². The summed E-state index contributed by atoms with van der Waals surface area (Å²) < 4.78 is 9.72. The fourth-order valence-corrected chi connectivity index (χ4v) is 1.10. The maximum atomic E-state index is 11.2. The number of esters is 2. The van der Waals surface area contributed by atoms with Gasteiger partial charge in [-0.25, -0.2) is 9.59 Å². The molecule has 1 heterocycles. The summed E-state index contributed by atoms with van der Waals surface area (Å²) in [7, 11) is 0. The van der Waals surface area contributed by atoms with Gasteiger partial charge in [0.2, 0.25) is 5.60 Å². The van der Waals surface area contributed by atoms with Crippen molar-refractivity contribution in [1.82, 2.24) is 0 Å². The minimum atomic E-state index is -1.15. The summed E-state index contributed by atoms with van der Waals surface area (Å²) in [5, 5.41) is 0. The minimum Gasteiger partial charge on any atom is -0.462 e. The zero-order chi connectivity index (χ0) is 10.1. The predicted molar refractivity (Wildman–Crippen MR) is 44.8 cm³/mol. The van der Waals surface area contributed by atoms with Crippen LogP contribution in [-0.2, 0) is 19.1 Å². The molecule has 0 bridgehead atoms. The zero-order valence-electron chi connectivity index (χ0n) is 7.70. The highest BCUT2D eigenvalue weighted by molar-refractivity contribution is 5.88. The summed E-state index contributed by atoms with van der Waals surface area (Å²) in [4.78, 5) is 22.1. The standard InChI is InChI=1S/C9H12O4/c1-4-7(10)13-9(3)6(2)5-12-8(9)11/h4,6H,1,5H2,2-3H3. The largest absolute Gasteiger partial charge is 0.462 e. The molecule has 4 nitrogen and oxygen atoms in total. The van der Waals surface area contributed by atoms with Crippen LogP contribution in [0.5, 0.6) is 0 Å². The van der Waals surface area contributed by atoms with Crippen molar-refractivity contribution in [3.8, 4) is 0 Å². The van der Waals surface area contributed by atoms with E-state index >= 15 is 0 Å². The molecule has 0 aromatic heterocycles. The van der Waals surface area contributed by atoms with Gasteiger partial charge < -0.3 is 9.47 Å². The van der Waals surface area contributed by atoms with E-state index in [0.29, 0.717) is 6.61 Å². The monoisotopic (exact) mass is 184 g/mol. The molecule has 1 saturated heterocycles. The first-order chi connectivity index (χ1) is 6.00. The van der Waals surface area contributed by atoms with Crippen molar-refractivity contribution in [3.63, 3.8) is 0 Å². The van der Waals surface area contributed by atoms with Crippen LogP contribution in [0.1, 0.15) is 13.8 Å². The highest BCUT2D eigenvalue weighted by atomic mass is 16.6. The average Bonchev–Trinajstić information content (AvgIpc) is 2.33. The Labute approximate surface area is 76.5 Å². The number of rotatable bonds is 2. The molecule has 0 saturated carbocycles. The summed E-state index contributed by atoms with van der Waals surface area (Å²) in [6.45, 7) is 6.89. The van der Waals surface area contributed by atoms with E-state index in [1.807, 2.05) is 0 Å². The molecule has 0 spiro atoms. The average molecular weight is 184 g/mol. The summed E-state index contributed by atoms with van der Waals surface area (Å²) in [6.07, 6.45) is 1.03. The van der Waals surface area contributed by atoms with Gasteiger partial charge in [0.25, 0.3) is 0 Å². The molecule has 0 aromatic rings. The summed E-state index contributed by atoms with van der Waals surface area (Å²) >= 11 is 0. The second-order valence-corrected chi connectivity index (χ2v) is 3.23. The van der Waals surface area contributed by atoms with Gasteiger partial charge in [-0.15, -0.1) is 0 Å². The Kier molecular flexibility index (Phi) is 2.40. The zero-order valence-corrected chi connectivity index (χ0v) is 7.70. The molecule has 0 N–H and O–H groups in total. The third-order valence-corrected chi connectivity index (χ3v) is 2.29. The molecule has 0 aliphatic carbocycles. The molecule has 0 aromatic carbocycles. The van der Waals surface area contributed by atoms with E-state index in [9.17, 15) is 9.59 Å². The van der Waals surface area contributed by atoms with E-state index in [2.05, 4.69) is 6.58 Å². The van der Waals surface area contributed by atoms with Crippen molar-refractivity contribution < 1.29 is 19.1 Å². The first kappa shape index (κ1) is 9.77.